The largest absolute Gasteiger partial charge is 0.491 e. The summed E-state index contributed by atoms with van der Waals surface area (Å²) in [5.74, 6) is 0.881. The van der Waals surface area contributed by atoms with E-state index in [0.717, 1.165) is 16.8 Å². The lowest BCUT2D eigenvalue weighted by atomic mass is 10.2. The van der Waals surface area contributed by atoms with Gasteiger partial charge in [-0.05, 0) is 44.5 Å². The molecule has 114 valence electrons. The van der Waals surface area contributed by atoms with Crippen LogP contribution >= 0.6 is 15.9 Å². The molecule has 3 nitrogen and oxygen atoms in total. The van der Waals surface area contributed by atoms with Crippen LogP contribution in [0.1, 0.15) is 40.2 Å². The Hall–Kier alpha value is -0.580. The number of rotatable bonds is 7. The Labute approximate surface area is 131 Å². The molecule has 0 aliphatic heterocycles. The third-order valence-corrected chi connectivity index (χ3v) is 3.38. The Morgan fingerprint density at radius 1 is 1.20 bits per heavy atom. The molecule has 4 heteroatoms. The molecule has 1 rings (SSSR count). The maximum Gasteiger partial charge on any atom is 0.119 e. The van der Waals surface area contributed by atoms with Crippen LogP contribution in [0.4, 0.5) is 0 Å². The topological polar surface area (TPSA) is 30.5 Å². The van der Waals surface area contributed by atoms with Crippen molar-refractivity contribution in [2.75, 3.05) is 13.2 Å². The highest BCUT2D eigenvalue weighted by Crippen LogP contribution is 2.22. The molecular formula is C16H26BrNO2. The SMILES string of the molecule is CC(C)NCc1cc(OCCOC(C)(C)C)ccc1Br. The molecule has 0 atom stereocenters. The molecule has 0 saturated carbocycles. The number of benzene rings is 1. The average molecular weight is 344 g/mol. The Balaban J connectivity index is 2.48. The van der Waals surface area contributed by atoms with Gasteiger partial charge in [-0.2, -0.15) is 0 Å². The molecule has 0 saturated heterocycles. The molecule has 0 aromatic heterocycles. The molecule has 0 fully saturated rings. The molecule has 20 heavy (non-hydrogen) atoms. The molecule has 0 bridgehead atoms. The zero-order valence-electron chi connectivity index (χ0n) is 13.1. The van der Waals surface area contributed by atoms with E-state index >= 15 is 0 Å². The Morgan fingerprint density at radius 3 is 2.50 bits per heavy atom. The van der Waals surface area contributed by atoms with E-state index in [2.05, 4.69) is 41.2 Å². The summed E-state index contributed by atoms with van der Waals surface area (Å²) in [7, 11) is 0. The van der Waals surface area contributed by atoms with Crippen LogP contribution in [0.5, 0.6) is 5.75 Å². The first-order valence-electron chi connectivity index (χ1n) is 7.06. The lowest BCUT2D eigenvalue weighted by Crippen LogP contribution is -2.23. The minimum absolute atomic E-state index is 0.116. The molecule has 0 heterocycles. The summed E-state index contributed by atoms with van der Waals surface area (Å²) in [6.07, 6.45) is 0. The number of ether oxygens (including phenoxy) is 2. The summed E-state index contributed by atoms with van der Waals surface area (Å²) in [6.45, 7) is 12.4. The zero-order valence-corrected chi connectivity index (χ0v) is 14.7. The van der Waals surface area contributed by atoms with Gasteiger partial charge in [0.25, 0.3) is 0 Å². The molecule has 0 aliphatic carbocycles. The summed E-state index contributed by atoms with van der Waals surface area (Å²) >= 11 is 3.57. The van der Waals surface area contributed by atoms with Crippen molar-refractivity contribution >= 4 is 15.9 Å². The van der Waals surface area contributed by atoms with Gasteiger partial charge in [0, 0.05) is 17.1 Å². The van der Waals surface area contributed by atoms with Gasteiger partial charge >= 0.3 is 0 Å². The highest BCUT2D eigenvalue weighted by atomic mass is 79.9. The summed E-state index contributed by atoms with van der Waals surface area (Å²) in [5, 5.41) is 3.41. The van der Waals surface area contributed by atoms with Crippen LogP contribution in [0.2, 0.25) is 0 Å². The van der Waals surface area contributed by atoms with Crippen molar-refractivity contribution in [3.63, 3.8) is 0 Å². The Bertz CT molecular complexity index is 413. The van der Waals surface area contributed by atoms with Crippen LogP contribution < -0.4 is 10.1 Å². The standard InChI is InChI=1S/C16H26BrNO2/c1-12(2)18-11-13-10-14(6-7-15(13)17)19-8-9-20-16(3,4)5/h6-7,10,12,18H,8-9,11H2,1-5H3. The van der Waals surface area contributed by atoms with E-state index in [-0.39, 0.29) is 5.60 Å². The van der Waals surface area contributed by atoms with Gasteiger partial charge in [0.1, 0.15) is 12.4 Å². The van der Waals surface area contributed by atoms with Crippen molar-refractivity contribution in [1.29, 1.82) is 0 Å². The summed E-state index contributed by atoms with van der Waals surface area (Å²) in [4.78, 5) is 0. The predicted octanol–water partition coefficient (Wildman–Crippen LogP) is 4.14. The molecule has 0 radical (unpaired) electrons. The monoisotopic (exact) mass is 343 g/mol. The van der Waals surface area contributed by atoms with Crippen molar-refractivity contribution in [3.8, 4) is 5.75 Å². The van der Waals surface area contributed by atoms with E-state index in [1.165, 1.54) is 5.56 Å². The maximum atomic E-state index is 5.73. The molecule has 1 N–H and O–H groups in total. The second-order valence-electron chi connectivity index (χ2n) is 6.10. The van der Waals surface area contributed by atoms with Crippen LogP contribution in [0, 0.1) is 0 Å². The summed E-state index contributed by atoms with van der Waals surface area (Å²) < 4.78 is 12.5. The number of hydrogen-bond donors (Lipinski definition) is 1. The molecule has 0 aliphatic rings. The van der Waals surface area contributed by atoms with Crippen molar-refractivity contribution in [1.82, 2.24) is 5.32 Å². The van der Waals surface area contributed by atoms with Gasteiger partial charge in [0.2, 0.25) is 0 Å². The van der Waals surface area contributed by atoms with Gasteiger partial charge in [-0.1, -0.05) is 29.8 Å². The summed E-state index contributed by atoms with van der Waals surface area (Å²) in [5.41, 5.74) is 1.09. The van der Waals surface area contributed by atoms with E-state index < -0.39 is 0 Å². The second-order valence-corrected chi connectivity index (χ2v) is 6.95. The van der Waals surface area contributed by atoms with Crippen LogP contribution in [-0.2, 0) is 11.3 Å². The van der Waals surface area contributed by atoms with Crippen LogP contribution in [-0.4, -0.2) is 24.9 Å². The minimum Gasteiger partial charge on any atom is -0.491 e. The normalized spacial score (nSPS) is 11.9. The van der Waals surface area contributed by atoms with Gasteiger partial charge in [-0.3, -0.25) is 0 Å². The van der Waals surface area contributed by atoms with E-state index in [1.807, 2.05) is 32.9 Å². The first-order valence-corrected chi connectivity index (χ1v) is 7.86. The quantitative estimate of drug-likeness (QED) is 0.754. The van der Waals surface area contributed by atoms with Crippen LogP contribution in [0.25, 0.3) is 0 Å². The van der Waals surface area contributed by atoms with E-state index in [4.69, 9.17) is 9.47 Å². The first kappa shape index (κ1) is 17.5. The molecule has 1 aromatic rings. The van der Waals surface area contributed by atoms with Crippen molar-refractivity contribution in [3.05, 3.63) is 28.2 Å². The lowest BCUT2D eigenvalue weighted by molar-refractivity contribution is -0.0163. The summed E-state index contributed by atoms with van der Waals surface area (Å²) in [6, 6.07) is 6.53. The average Bonchev–Trinajstić information content (AvgIpc) is 2.33. The lowest BCUT2D eigenvalue weighted by Gasteiger charge is -2.19. The fourth-order valence-electron chi connectivity index (χ4n) is 1.60. The molecule has 0 unspecified atom stereocenters. The van der Waals surface area contributed by atoms with Gasteiger partial charge < -0.3 is 14.8 Å². The number of halogens is 1. The molecule has 1 aromatic carbocycles. The zero-order chi connectivity index (χ0) is 15.2. The van der Waals surface area contributed by atoms with Crippen LogP contribution in [0.15, 0.2) is 22.7 Å². The fraction of sp³-hybridized carbons (Fsp3) is 0.625. The van der Waals surface area contributed by atoms with Gasteiger partial charge in [-0.25, -0.2) is 0 Å². The predicted molar refractivity (Wildman–Crippen MR) is 87.3 cm³/mol. The maximum absolute atomic E-state index is 5.73. The second kappa shape index (κ2) is 8.01. The first-order chi connectivity index (χ1) is 9.28. The third kappa shape index (κ3) is 7.27. The van der Waals surface area contributed by atoms with Crippen molar-refractivity contribution in [2.45, 2.75) is 52.8 Å². The third-order valence-electron chi connectivity index (χ3n) is 2.61. The van der Waals surface area contributed by atoms with E-state index in [1.54, 1.807) is 0 Å². The number of hydrogen-bond acceptors (Lipinski definition) is 3. The highest BCUT2D eigenvalue weighted by molar-refractivity contribution is 9.10. The van der Waals surface area contributed by atoms with Crippen LogP contribution in [0.3, 0.4) is 0 Å². The van der Waals surface area contributed by atoms with E-state index in [9.17, 15) is 0 Å². The molecule has 0 amide bonds. The van der Waals surface area contributed by atoms with E-state index in [0.29, 0.717) is 19.3 Å². The van der Waals surface area contributed by atoms with Gasteiger partial charge in [-0.15, -0.1) is 0 Å². The van der Waals surface area contributed by atoms with Gasteiger partial charge in [0.15, 0.2) is 0 Å². The van der Waals surface area contributed by atoms with Crippen molar-refractivity contribution in [2.24, 2.45) is 0 Å². The smallest absolute Gasteiger partial charge is 0.119 e. The Kier molecular flexibility index (Phi) is 7.00. The number of nitrogens with one attached hydrogen (secondary N) is 1. The fourth-order valence-corrected chi connectivity index (χ4v) is 1.98. The van der Waals surface area contributed by atoms with Crippen molar-refractivity contribution < 1.29 is 9.47 Å². The highest BCUT2D eigenvalue weighted by Gasteiger charge is 2.09. The van der Waals surface area contributed by atoms with Gasteiger partial charge in [0.05, 0.1) is 12.2 Å². The Morgan fingerprint density at radius 2 is 1.90 bits per heavy atom. The minimum atomic E-state index is -0.116. The molecular weight excluding hydrogens is 318 g/mol. The molecule has 0 spiro atoms.